The third kappa shape index (κ3) is 5.74. The van der Waals surface area contributed by atoms with Crippen molar-refractivity contribution < 1.29 is 33.0 Å². The molecule has 0 aliphatic carbocycles. The Morgan fingerprint density at radius 2 is 2.10 bits per heavy atom. The van der Waals surface area contributed by atoms with E-state index in [1.807, 2.05) is 0 Å². The highest BCUT2D eigenvalue weighted by atomic mass is 19.3. The lowest BCUT2D eigenvalue weighted by atomic mass is 10.2. The second-order valence-corrected chi connectivity index (χ2v) is 3.98. The minimum Gasteiger partial charge on any atom is -0.496 e. The maximum Gasteiger partial charge on any atom is 0.339 e. The number of aromatic carboxylic acids is 1. The molecule has 0 radical (unpaired) electrons. The molecular formula is C13H15F2NO5. The average Bonchev–Trinajstić information content (AvgIpc) is 2.43. The highest BCUT2D eigenvalue weighted by Gasteiger charge is 2.12. The summed E-state index contributed by atoms with van der Waals surface area (Å²) in [6, 6.07) is 4.06. The summed E-state index contributed by atoms with van der Waals surface area (Å²) in [6.45, 7) is -0.838. The molecule has 2 N–H and O–H groups in total. The third-order valence-corrected chi connectivity index (χ3v) is 2.43. The predicted octanol–water partition coefficient (Wildman–Crippen LogP) is 2.00. The summed E-state index contributed by atoms with van der Waals surface area (Å²) in [5, 5.41) is 11.4. The van der Waals surface area contributed by atoms with Gasteiger partial charge in [0.05, 0.1) is 20.1 Å². The molecule has 0 aromatic heterocycles. The number of carboxylic acid groups (broad SMARTS) is 1. The molecule has 0 aliphatic rings. The van der Waals surface area contributed by atoms with E-state index in [0.717, 1.165) is 0 Å². The summed E-state index contributed by atoms with van der Waals surface area (Å²) >= 11 is 0. The molecule has 1 amide bonds. The monoisotopic (exact) mass is 303 g/mol. The lowest BCUT2D eigenvalue weighted by Crippen LogP contribution is -2.16. The minimum atomic E-state index is -2.57. The Balaban J connectivity index is 2.54. The van der Waals surface area contributed by atoms with Gasteiger partial charge >= 0.3 is 5.97 Å². The largest absolute Gasteiger partial charge is 0.496 e. The van der Waals surface area contributed by atoms with Crippen LogP contribution in [0.25, 0.3) is 0 Å². The van der Waals surface area contributed by atoms with E-state index in [4.69, 9.17) is 9.84 Å². The number of methoxy groups -OCH3 is 1. The average molecular weight is 303 g/mol. The van der Waals surface area contributed by atoms with Crippen molar-refractivity contribution in [2.75, 3.05) is 25.6 Å². The van der Waals surface area contributed by atoms with Gasteiger partial charge in [0.15, 0.2) is 0 Å². The van der Waals surface area contributed by atoms with E-state index in [9.17, 15) is 18.4 Å². The number of nitrogens with one attached hydrogen (secondary N) is 1. The van der Waals surface area contributed by atoms with Gasteiger partial charge < -0.3 is 19.9 Å². The molecule has 1 aromatic carbocycles. The standard InChI is InChI=1S/C13H15F2NO5/c1-20-10-6-8(2-3-9(10)13(18)19)16-12(17)4-5-21-7-11(14)15/h2-3,6,11H,4-5,7H2,1H3,(H,16,17)(H,18,19). The Morgan fingerprint density at radius 3 is 2.67 bits per heavy atom. The van der Waals surface area contributed by atoms with Gasteiger partial charge in [0.1, 0.15) is 17.9 Å². The number of anilines is 1. The molecule has 1 aromatic rings. The summed E-state index contributed by atoms with van der Waals surface area (Å²) in [7, 11) is 1.31. The van der Waals surface area contributed by atoms with Crippen LogP contribution in [0.3, 0.4) is 0 Å². The summed E-state index contributed by atoms with van der Waals surface area (Å²) in [5.41, 5.74) is 0.312. The molecule has 6 nitrogen and oxygen atoms in total. The Labute approximate surface area is 119 Å². The first-order valence-corrected chi connectivity index (χ1v) is 6.01. The van der Waals surface area contributed by atoms with E-state index in [-0.39, 0.29) is 24.3 Å². The van der Waals surface area contributed by atoms with Crippen LogP contribution >= 0.6 is 0 Å². The van der Waals surface area contributed by atoms with E-state index >= 15 is 0 Å². The number of carbonyl (C=O) groups excluding carboxylic acids is 1. The van der Waals surface area contributed by atoms with Gasteiger partial charge in [0.2, 0.25) is 5.91 Å². The number of carbonyl (C=O) groups is 2. The SMILES string of the molecule is COc1cc(NC(=O)CCOCC(F)F)ccc1C(=O)O. The van der Waals surface area contributed by atoms with Crippen LogP contribution in [0.1, 0.15) is 16.8 Å². The highest BCUT2D eigenvalue weighted by molar-refractivity contribution is 5.94. The summed E-state index contributed by atoms with van der Waals surface area (Å²) in [4.78, 5) is 22.4. The van der Waals surface area contributed by atoms with Gasteiger partial charge in [-0.25, -0.2) is 13.6 Å². The number of ether oxygens (including phenoxy) is 2. The number of amides is 1. The van der Waals surface area contributed by atoms with Crippen molar-refractivity contribution in [3.05, 3.63) is 23.8 Å². The second-order valence-electron chi connectivity index (χ2n) is 3.98. The molecule has 0 unspecified atom stereocenters. The van der Waals surface area contributed by atoms with Gasteiger partial charge in [0, 0.05) is 11.8 Å². The Bertz CT molecular complexity index is 507. The zero-order valence-corrected chi connectivity index (χ0v) is 11.3. The van der Waals surface area contributed by atoms with Crippen LogP contribution in [0.5, 0.6) is 5.75 Å². The lowest BCUT2D eigenvalue weighted by molar-refractivity contribution is -0.117. The number of benzene rings is 1. The number of rotatable bonds is 8. The molecule has 0 aliphatic heterocycles. The molecular weight excluding hydrogens is 288 g/mol. The van der Waals surface area contributed by atoms with Gasteiger partial charge in [-0.05, 0) is 12.1 Å². The molecule has 0 bridgehead atoms. The molecule has 0 fully saturated rings. The molecule has 0 atom stereocenters. The van der Waals surface area contributed by atoms with Crippen molar-refractivity contribution >= 4 is 17.6 Å². The maximum atomic E-state index is 11.8. The van der Waals surface area contributed by atoms with Crippen LogP contribution in [-0.2, 0) is 9.53 Å². The van der Waals surface area contributed by atoms with Crippen molar-refractivity contribution in [2.45, 2.75) is 12.8 Å². The smallest absolute Gasteiger partial charge is 0.339 e. The lowest BCUT2D eigenvalue weighted by Gasteiger charge is -2.09. The van der Waals surface area contributed by atoms with Crippen molar-refractivity contribution in [1.29, 1.82) is 0 Å². The van der Waals surface area contributed by atoms with Gasteiger partial charge in [0.25, 0.3) is 6.43 Å². The summed E-state index contributed by atoms with van der Waals surface area (Å²) in [6.07, 6.45) is -2.66. The molecule has 8 heteroatoms. The van der Waals surface area contributed by atoms with Crippen LogP contribution < -0.4 is 10.1 Å². The quantitative estimate of drug-likeness (QED) is 0.718. The Hall–Kier alpha value is -2.22. The van der Waals surface area contributed by atoms with Gasteiger partial charge in [-0.3, -0.25) is 4.79 Å². The zero-order chi connectivity index (χ0) is 15.8. The van der Waals surface area contributed by atoms with E-state index in [0.29, 0.717) is 5.69 Å². The fraction of sp³-hybridized carbons (Fsp3) is 0.385. The Morgan fingerprint density at radius 1 is 1.38 bits per heavy atom. The summed E-state index contributed by atoms with van der Waals surface area (Å²) in [5.74, 6) is -1.48. The number of hydrogen-bond acceptors (Lipinski definition) is 4. The van der Waals surface area contributed by atoms with E-state index in [2.05, 4.69) is 10.1 Å². The second kappa shape index (κ2) is 8.15. The molecule has 1 rings (SSSR count). The van der Waals surface area contributed by atoms with Gasteiger partial charge in [-0.2, -0.15) is 0 Å². The number of hydrogen-bond donors (Lipinski definition) is 2. The van der Waals surface area contributed by atoms with Gasteiger partial charge in [-0.1, -0.05) is 0 Å². The zero-order valence-electron chi connectivity index (χ0n) is 11.3. The highest BCUT2D eigenvalue weighted by Crippen LogP contribution is 2.23. The maximum absolute atomic E-state index is 11.8. The van der Waals surface area contributed by atoms with Crippen LogP contribution in [0.4, 0.5) is 14.5 Å². The molecule has 116 valence electrons. The third-order valence-electron chi connectivity index (χ3n) is 2.43. The normalized spacial score (nSPS) is 10.5. The topological polar surface area (TPSA) is 84.9 Å². The molecule has 0 heterocycles. The van der Waals surface area contributed by atoms with Crippen molar-refractivity contribution in [3.8, 4) is 5.75 Å². The molecule has 21 heavy (non-hydrogen) atoms. The van der Waals surface area contributed by atoms with E-state index in [1.54, 1.807) is 0 Å². The number of carboxylic acids is 1. The van der Waals surface area contributed by atoms with Crippen molar-refractivity contribution in [3.63, 3.8) is 0 Å². The van der Waals surface area contributed by atoms with E-state index < -0.39 is 24.9 Å². The predicted molar refractivity (Wildman–Crippen MR) is 70.0 cm³/mol. The van der Waals surface area contributed by atoms with E-state index in [1.165, 1.54) is 25.3 Å². The van der Waals surface area contributed by atoms with Gasteiger partial charge in [-0.15, -0.1) is 0 Å². The molecule has 0 spiro atoms. The summed E-state index contributed by atoms with van der Waals surface area (Å²) < 4.78 is 33.1. The van der Waals surface area contributed by atoms with Crippen molar-refractivity contribution in [2.24, 2.45) is 0 Å². The Kier molecular flexibility index (Phi) is 6.54. The van der Waals surface area contributed by atoms with Crippen LogP contribution in [0.15, 0.2) is 18.2 Å². The minimum absolute atomic E-state index is 0.0317. The van der Waals surface area contributed by atoms with Crippen LogP contribution in [-0.4, -0.2) is 43.7 Å². The van der Waals surface area contributed by atoms with Crippen LogP contribution in [0.2, 0.25) is 0 Å². The van der Waals surface area contributed by atoms with Crippen molar-refractivity contribution in [1.82, 2.24) is 0 Å². The first-order chi connectivity index (χ1) is 9.93. The first kappa shape index (κ1) is 16.8. The fourth-order valence-electron chi connectivity index (χ4n) is 1.51. The fourth-order valence-corrected chi connectivity index (χ4v) is 1.51. The first-order valence-electron chi connectivity index (χ1n) is 6.01. The number of alkyl halides is 2. The van der Waals surface area contributed by atoms with Crippen LogP contribution in [0, 0.1) is 0 Å². The molecule has 0 saturated heterocycles. The number of halogens is 2. The molecule has 0 saturated carbocycles.